The fraction of sp³-hybridized carbons (Fsp3) is 0.600. The number of hydrogen-bond donors (Lipinski definition) is 2. The fourth-order valence-electron chi connectivity index (χ4n) is 2.73. The van der Waals surface area contributed by atoms with E-state index in [-0.39, 0.29) is 22.6 Å². The van der Waals surface area contributed by atoms with Crippen molar-refractivity contribution in [3.05, 3.63) is 24.0 Å². The average molecular weight is 344 g/mol. The normalized spacial score (nSPS) is 24.9. The largest absolute Gasteiger partial charge is 0.490 e. The third-order valence-electron chi connectivity index (χ3n) is 4.09. The molecular weight excluding hydrogens is 323 g/mol. The smallest absolute Gasteiger partial charge is 0.240 e. The second-order valence-corrected chi connectivity index (χ2v) is 7.66. The molecule has 128 valence electrons. The van der Waals surface area contributed by atoms with Gasteiger partial charge >= 0.3 is 0 Å². The van der Waals surface area contributed by atoms with E-state index in [4.69, 9.17) is 9.47 Å². The van der Waals surface area contributed by atoms with Crippen molar-refractivity contribution < 1.29 is 22.3 Å². The summed E-state index contributed by atoms with van der Waals surface area (Å²) in [5.41, 5.74) is 0. The molecule has 0 spiro atoms. The van der Waals surface area contributed by atoms with Crippen LogP contribution in [0.15, 0.2) is 23.1 Å². The van der Waals surface area contributed by atoms with Gasteiger partial charge in [-0.2, -0.15) is 0 Å². The molecular formula is C15H21FN2O4S. The molecule has 0 saturated carbocycles. The van der Waals surface area contributed by atoms with Crippen molar-refractivity contribution in [1.82, 2.24) is 10.0 Å². The highest BCUT2D eigenvalue weighted by molar-refractivity contribution is 7.89. The van der Waals surface area contributed by atoms with Crippen LogP contribution in [0.1, 0.15) is 12.8 Å². The number of benzene rings is 1. The van der Waals surface area contributed by atoms with E-state index in [9.17, 15) is 12.8 Å². The van der Waals surface area contributed by atoms with Crippen LogP contribution in [0.3, 0.4) is 0 Å². The average Bonchev–Trinajstić information content (AvgIpc) is 3.19. The maximum atomic E-state index is 14.1. The molecule has 2 aliphatic heterocycles. The van der Waals surface area contributed by atoms with Gasteiger partial charge in [-0.25, -0.2) is 17.5 Å². The van der Waals surface area contributed by atoms with E-state index < -0.39 is 15.8 Å². The summed E-state index contributed by atoms with van der Waals surface area (Å²) in [5.74, 6) is -0.343. The summed E-state index contributed by atoms with van der Waals surface area (Å²) in [4.78, 5) is -0.0848. The third kappa shape index (κ3) is 4.20. The van der Waals surface area contributed by atoms with E-state index in [1.54, 1.807) is 0 Å². The van der Waals surface area contributed by atoms with Crippen LogP contribution in [0, 0.1) is 11.7 Å². The molecule has 2 heterocycles. The van der Waals surface area contributed by atoms with Crippen LogP contribution in [0.2, 0.25) is 0 Å². The lowest BCUT2D eigenvalue weighted by Gasteiger charge is -2.14. The van der Waals surface area contributed by atoms with E-state index in [1.807, 2.05) is 0 Å². The molecule has 8 heteroatoms. The van der Waals surface area contributed by atoms with Crippen molar-refractivity contribution in [3.8, 4) is 5.75 Å². The Bertz CT molecular complexity index is 641. The zero-order valence-electron chi connectivity index (χ0n) is 12.8. The highest BCUT2D eigenvalue weighted by Crippen LogP contribution is 2.23. The Morgan fingerprint density at radius 2 is 2.26 bits per heavy atom. The van der Waals surface area contributed by atoms with Crippen LogP contribution in [-0.2, 0) is 14.8 Å². The summed E-state index contributed by atoms with van der Waals surface area (Å²) < 4.78 is 51.9. The summed E-state index contributed by atoms with van der Waals surface area (Å²) in [6.45, 7) is 3.06. The number of sulfonamides is 1. The van der Waals surface area contributed by atoms with Gasteiger partial charge in [0.05, 0.1) is 18.1 Å². The molecule has 2 aliphatic rings. The first kappa shape index (κ1) is 16.6. The first-order chi connectivity index (χ1) is 11.0. The number of halogens is 1. The molecule has 0 aliphatic carbocycles. The van der Waals surface area contributed by atoms with Gasteiger partial charge in [-0.05, 0) is 37.6 Å². The van der Waals surface area contributed by atoms with Crippen LogP contribution >= 0.6 is 0 Å². The number of rotatable bonds is 6. The monoisotopic (exact) mass is 344 g/mol. The Morgan fingerprint density at radius 3 is 2.91 bits per heavy atom. The lowest BCUT2D eigenvalue weighted by Crippen LogP contribution is -2.36. The second kappa shape index (κ2) is 7.12. The molecule has 2 fully saturated rings. The van der Waals surface area contributed by atoms with Gasteiger partial charge in [-0.1, -0.05) is 0 Å². The van der Waals surface area contributed by atoms with E-state index in [0.29, 0.717) is 26.4 Å². The zero-order valence-corrected chi connectivity index (χ0v) is 13.6. The van der Waals surface area contributed by atoms with E-state index in [2.05, 4.69) is 10.0 Å². The summed E-state index contributed by atoms with van der Waals surface area (Å²) in [7, 11) is -3.72. The Balaban J connectivity index is 1.65. The van der Waals surface area contributed by atoms with Gasteiger partial charge in [-0.15, -0.1) is 0 Å². The molecule has 0 radical (unpaired) electrons. The number of ether oxygens (including phenoxy) is 2. The van der Waals surface area contributed by atoms with Crippen molar-refractivity contribution in [1.29, 1.82) is 0 Å². The van der Waals surface area contributed by atoms with Gasteiger partial charge in [-0.3, -0.25) is 0 Å². The highest BCUT2D eigenvalue weighted by Gasteiger charge is 2.24. The molecule has 1 aromatic rings. The van der Waals surface area contributed by atoms with Gasteiger partial charge in [0, 0.05) is 25.1 Å². The second-order valence-electron chi connectivity index (χ2n) is 5.94. The zero-order chi connectivity index (χ0) is 16.3. The van der Waals surface area contributed by atoms with Crippen molar-refractivity contribution in [3.63, 3.8) is 0 Å². The highest BCUT2D eigenvalue weighted by atomic mass is 32.2. The molecule has 23 heavy (non-hydrogen) atoms. The number of nitrogens with one attached hydrogen (secondary N) is 2. The Kier molecular flexibility index (Phi) is 5.15. The standard InChI is InChI=1S/C15H21FN2O4S/c16-14-7-13(23(19,20)18-12-3-5-17-8-12)1-2-15(14)22-10-11-4-6-21-9-11/h1-2,7,11-12,17-18H,3-6,8-10H2. The lowest BCUT2D eigenvalue weighted by molar-refractivity contribution is 0.165. The maximum Gasteiger partial charge on any atom is 0.240 e. The van der Waals surface area contributed by atoms with Crippen LogP contribution in [0.25, 0.3) is 0 Å². The minimum atomic E-state index is -3.72. The quantitative estimate of drug-likeness (QED) is 0.801. The maximum absolute atomic E-state index is 14.1. The molecule has 0 aromatic heterocycles. The summed E-state index contributed by atoms with van der Waals surface area (Å²) >= 11 is 0. The van der Waals surface area contributed by atoms with Gasteiger partial charge in [0.1, 0.15) is 0 Å². The molecule has 2 unspecified atom stereocenters. The van der Waals surface area contributed by atoms with Crippen molar-refractivity contribution in [2.24, 2.45) is 5.92 Å². The molecule has 3 rings (SSSR count). The molecule has 2 N–H and O–H groups in total. The first-order valence-electron chi connectivity index (χ1n) is 7.78. The Labute approximate surface area is 135 Å². The summed E-state index contributed by atoms with van der Waals surface area (Å²) in [6, 6.07) is 3.59. The first-order valence-corrected chi connectivity index (χ1v) is 9.26. The Morgan fingerprint density at radius 1 is 1.39 bits per heavy atom. The van der Waals surface area contributed by atoms with Crippen molar-refractivity contribution >= 4 is 10.0 Å². The Hall–Kier alpha value is -1.22. The van der Waals surface area contributed by atoms with Crippen LogP contribution in [-0.4, -0.2) is 47.4 Å². The molecule has 6 nitrogen and oxygen atoms in total. The van der Waals surface area contributed by atoms with Gasteiger partial charge in [0.2, 0.25) is 10.0 Å². The van der Waals surface area contributed by atoms with E-state index >= 15 is 0 Å². The van der Waals surface area contributed by atoms with Crippen LogP contribution < -0.4 is 14.8 Å². The fourth-order valence-corrected chi connectivity index (χ4v) is 4.01. The molecule has 2 saturated heterocycles. The lowest BCUT2D eigenvalue weighted by atomic mass is 10.1. The predicted octanol–water partition coefficient (Wildman–Crippen LogP) is 0.881. The van der Waals surface area contributed by atoms with Gasteiger partial charge in [0.25, 0.3) is 0 Å². The summed E-state index contributed by atoms with van der Waals surface area (Å²) in [6.07, 6.45) is 1.62. The van der Waals surface area contributed by atoms with Crippen molar-refractivity contribution in [2.45, 2.75) is 23.8 Å². The van der Waals surface area contributed by atoms with E-state index in [1.165, 1.54) is 12.1 Å². The van der Waals surface area contributed by atoms with Crippen molar-refractivity contribution in [2.75, 3.05) is 32.9 Å². The topological polar surface area (TPSA) is 76.7 Å². The number of hydrogen-bond acceptors (Lipinski definition) is 5. The predicted molar refractivity (Wildman–Crippen MR) is 82.4 cm³/mol. The van der Waals surface area contributed by atoms with Crippen LogP contribution in [0.4, 0.5) is 4.39 Å². The SMILES string of the molecule is O=S(=O)(NC1CCNC1)c1ccc(OCC2CCOC2)c(F)c1. The molecule has 0 amide bonds. The molecule has 2 atom stereocenters. The van der Waals surface area contributed by atoms with Crippen LogP contribution in [0.5, 0.6) is 5.75 Å². The minimum absolute atomic E-state index is 0.0679. The summed E-state index contributed by atoms with van der Waals surface area (Å²) in [5, 5.41) is 3.08. The van der Waals surface area contributed by atoms with Gasteiger partial charge < -0.3 is 14.8 Å². The minimum Gasteiger partial charge on any atom is -0.490 e. The molecule has 0 bridgehead atoms. The third-order valence-corrected chi connectivity index (χ3v) is 5.61. The van der Waals surface area contributed by atoms with E-state index in [0.717, 1.165) is 25.5 Å². The van der Waals surface area contributed by atoms with Gasteiger partial charge in [0.15, 0.2) is 11.6 Å². The molecule has 1 aromatic carbocycles.